The van der Waals surface area contributed by atoms with Crippen LogP contribution in [0.3, 0.4) is 0 Å². The molecule has 26 heavy (non-hydrogen) atoms. The highest BCUT2D eigenvalue weighted by Crippen LogP contribution is 2.38. The number of carbonyl (C=O) groups excluding carboxylic acids is 1. The lowest BCUT2D eigenvalue weighted by atomic mass is 10.0. The van der Waals surface area contributed by atoms with Gasteiger partial charge in [0.15, 0.2) is 11.5 Å². The Balaban J connectivity index is 1.86. The molecule has 130 valence electrons. The summed E-state index contributed by atoms with van der Waals surface area (Å²) in [5.74, 6) is -0.625. The van der Waals surface area contributed by atoms with Gasteiger partial charge in [-0.2, -0.15) is 0 Å². The number of fused-ring (bicyclic) bond motifs is 1. The van der Waals surface area contributed by atoms with E-state index < -0.39 is 6.17 Å². The predicted octanol–water partition coefficient (Wildman–Crippen LogP) is 4.52. The Morgan fingerprint density at radius 1 is 0.923 bits per heavy atom. The van der Waals surface area contributed by atoms with Crippen LogP contribution in [-0.4, -0.2) is 16.1 Å². The first-order valence-electron chi connectivity index (χ1n) is 8.01. The molecule has 0 bridgehead atoms. The quantitative estimate of drug-likeness (QED) is 0.583. The Labute approximate surface area is 155 Å². The number of hydrogen-bond acceptors (Lipinski definition) is 4. The fraction of sp³-hybridized carbons (Fsp3) is 0.0500. The lowest BCUT2D eigenvalue weighted by Gasteiger charge is -2.38. The van der Waals surface area contributed by atoms with E-state index in [2.05, 4.69) is 5.32 Å². The highest BCUT2D eigenvalue weighted by molar-refractivity contribution is 6.30. The maximum atomic E-state index is 13.2. The maximum absolute atomic E-state index is 13.2. The molecule has 0 spiro atoms. The highest BCUT2D eigenvalue weighted by Gasteiger charge is 2.34. The van der Waals surface area contributed by atoms with Gasteiger partial charge in [0.2, 0.25) is 0 Å². The summed E-state index contributed by atoms with van der Waals surface area (Å²) in [4.78, 5) is 14.8. The Morgan fingerprint density at radius 2 is 1.65 bits per heavy atom. The summed E-state index contributed by atoms with van der Waals surface area (Å²) in [6.45, 7) is 0. The third-order valence-electron chi connectivity index (χ3n) is 4.35. The molecule has 3 aromatic carbocycles. The summed E-state index contributed by atoms with van der Waals surface area (Å²) >= 11 is 5.98. The monoisotopic (exact) mass is 366 g/mol. The molecule has 0 aliphatic carbocycles. The zero-order chi connectivity index (χ0) is 18.3. The largest absolute Gasteiger partial charge is 0.504 e. The van der Waals surface area contributed by atoms with E-state index in [1.54, 1.807) is 41.3 Å². The zero-order valence-corrected chi connectivity index (χ0v) is 14.3. The predicted molar refractivity (Wildman–Crippen MR) is 101 cm³/mol. The second-order valence-electron chi connectivity index (χ2n) is 5.99. The van der Waals surface area contributed by atoms with E-state index in [9.17, 15) is 15.0 Å². The van der Waals surface area contributed by atoms with Crippen molar-refractivity contribution in [1.82, 2.24) is 0 Å². The molecule has 0 saturated carbocycles. The van der Waals surface area contributed by atoms with Gasteiger partial charge in [0.25, 0.3) is 5.91 Å². The van der Waals surface area contributed by atoms with Crippen molar-refractivity contribution in [2.75, 3.05) is 10.2 Å². The van der Waals surface area contributed by atoms with Crippen LogP contribution in [0.15, 0.2) is 66.7 Å². The van der Waals surface area contributed by atoms with E-state index in [0.717, 1.165) is 0 Å². The highest BCUT2D eigenvalue weighted by atomic mass is 35.5. The molecule has 1 heterocycles. The minimum Gasteiger partial charge on any atom is -0.504 e. The van der Waals surface area contributed by atoms with E-state index in [1.807, 2.05) is 18.2 Å². The van der Waals surface area contributed by atoms with Gasteiger partial charge in [-0.1, -0.05) is 29.8 Å². The summed E-state index contributed by atoms with van der Waals surface area (Å²) in [7, 11) is 0. The second kappa shape index (κ2) is 6.28. The molecule has 3 N–H and O–H groups in total. The topological polar surface area (TPSA) is 72.8 Å². The molecule has 1 aliphatic rings. The van der Waals surface area contributed by atoms with E-state index in [1.165, 1.54) is 12.1 Å². The number of aromatic hydroxyl groups is 2. The van der Waals surface area contributed by atoms with Gasteiger partial charge in [0, 0.05) is 16.4 Å². The van der Waals surface area contributed by atoms with Gasteiger partial charge in [-0.05, 0) is 54.1 Å². The van der Waals surface area contributed by atoms with Gasteiger partial charge in [-0.15, -0.1) is 0 Å². The fourth-order valence-corrected chi connectivity index (χ4v) is 3.19. The van der Waals surface area contributed by atoms with Crippen LogP contribution in [0, 0.1) is 0 Å². The lowest BCUT2D eigenvalue weighted by Crippen LogP contribution is -2.43. The van der Waals surface area contributed by atoms with Gasteiger partial charge in [-0.3, -0.25) is 9.69 Å². The number of anilines is 2. The Morgan fingerprint density at radius 3 is 2.38 bits per heavy atom. The van der Waals surface area contributed by atoms with Crippen LogP contribution in [0.1, 0.15) is 22.1 Å². The van der Waals surface area contributed by atoms with Crippen LogP contribution in [0.25, 0.3) is 0 Å². The van der Waals surface area contributed by atoms with E-state index in [0.29, 0.717) is 27.5 Å². The molecule has 1 atom stereocenters. The van der Waals surface area contributed by atoms with Crippen LogP contribution in [0.4, 0.5) is 11.4 Å². The smallest absolute Gasteiger partial charge is 0.262 e. The summed E-state index contributed by atoms with van der Waals surface area (Å²) in [5, 5.41) is 23.4. The van der Waals surface area contributed by atoms with Crippen molar-refractivity contribution in [3.63, 3.8) is 0 Å². The molecule has 3 aromatic rings. The van der Waals surface area contributed by atoms with E-state index in [4.69, 9.17) is 11.6 Å². The van der Waals surface area contributed by atoms with Crippen molar-refractivity contribution >= 4 is 28.9 Å². The van der Waals surface area contributed by atoms with E-state index in [-0.39, 0.29) is 17.4 Å². The molecule has 0 radical (unpaired) electrons. The standard InChI is InChI=1S/C20H15ClN2O3/c21-13-6-8-14(9-7-13)23-19(12-5-10-17(24)18(25)11-12)22-16-4-2-1-3-15(16)20(23)26/h1-11,19,22,24-25H. The number of phenolic OH excluding ortho intramolecular Hbond substituents is 2. The van der Waals surface area contributed by atoms with Crippen molar-refractivity contribution in [2.24, 2.45) is 0 Å². The third kappa shape index (κ3) is 2.72. The van der Waals surface area contributed by atoms with Crippen LogP contribution in [0.5, 0.6) is 11.5 Å². The molecule has 0 fully saturated rings. The van der Waals surface area contributed by atoms with Crippen molar-refractivity contribution < 1.29 is 15.0 Å². The van der Waals surface area contributed by atoms with Crippen molar-refractivity contribution in [2.45, 2.75) is 6.17 Å². The van der Waals surface area contributed by atoms with Gasteiger partial charge in [-0.25, -0.2) is 0 Å². The minimum absolute atomic E-state index is 0.167. The number of para-hydroxylation sites is 1. The Bertz CT molecular complexity index is 989. The number of nitrogens with zero attached hydrogens (tertiary/aromatic N) is 1. The average molecular weight is 367 g/mol. The molecule has 0 saturated heterocycles. The third-order valence-corrected chi connectivity index (χ3v) is 4.60. The van der Waals surface area contributed by atoms with Crippen LogP contribution in [0.2, 0.25) is 5.02 Å². The molecule has 4 rings (SSSR count). The lowest BCUT2D eigenvalue weighted by molar-refractivity contribution is 0.0975. The second-order valence-corrected chi connectivity index (χ2v) is 6.43. The van der Waals surface area contributed by atoms with Crippen molar-refractivity contribution in [3.8, 4) is 11.5 Å². The molecule has 1 unspecified atom stereocenters. The van der Waals surface area contributed by atoms with Gasteiger partial charge in [0.1, 0.15) is 6.17 Å². The summed E-state index contributed by atoms with van der Waals surface area (Å²) in [6.07, 6.45) is -0.551. The SMILES string of the molecule is O=C1c2ccccc2NC(c2ccc(O)c(O)c2)N1c1ccc(Cl)cc1. The van der Waals surface area contributed by atoms with Gasteiger partial charge >= 0.3 is 0 Å². The molecular formula is C20H15ClN2O3. The first-order valence-corrected chi connectivity index (χ1v) is 8.39. The molecule has 0 aromatic heterocycles. The summed E-state index contributed by atoms with van der Waals surface area (Å²) in [6, 6.07) is 18.7. The minimum atomic E-state index is -0.551. The molecule has 1 aliphatic heterocycles. The van der Waals surface area contributed by atoms with Crippen molar-refractivity contribution in [1.29, 1.82) is 0 Å². The number of hydrogen-bond donors (Lipinski definition) is 3. The normalized spacial score (nSPS) is 16.1. The first-order chi connectivity index (χ1) is 12.5. The first kappa shape index (κ1) is 16.3. The zero-order valence-electron chi connectivity index (χ0n) is 13.6. The molecule has 5 nitrogen and oxygen atoms in total. The maximum Gasteiger partial charge on any atom is 0.262 e. The molecular weight excluding hydrogens is 352 g/mol. The van der Waals surface area contributed by atoms with Gasteiger partial charge < -0.3 is 15.5 Å². The average Bonchev–Trinajstić information content (AvgIpc) is 2.65. The molecule has 1 amide bonds. The summed E-state index contributed by atoms with van der Waals surface area (Å²) < 4.78 is 0. The number of nitrogens with one attached hydrogen (secondary N) is 1. The van der Waals surface area contributed by atoms with Gasteiger partial charge in [0.05, 0.1) is 5.56 Å². The van der Waals surface area contributed by atoms with Crippen molar-refractivity contribution in [3.05, 3.63) is 82.9 Å². The number of halogens is 1. The Kier molecular flexibility index (Phi) is 3.93. The van der Waals surface area contributed by atoms with E-state index >= 15 is 0 Å². The van der Waals surface area contributed by atoms with Crippen LogP contribution < -0.4 is 10.2 Å². The van der Waals surface area contributed by atoms with Crippen LogP contribution in [-0.2, 0) is 0 Å². The number of rotatable bonds is 2. The number of phenols is 2. The number of carbonyl (C=O) groups is 1. The number of amides is 1. The molecule has 6 heteroatoms. The van der Waals surface area contributed by atoms with Crippen LogP contribution >= 0.6 is 11.6 Å². The summed E-state index contributed by atoms with van der Waals surface area (Å²) in [5.41, 5.74) is 2.57. The Hall–Kier alpha value is -3.18. The number of benzene rings is 3. The fourth-order valence-electron chi connectivity index (χ4n) is 3.07.